The highest BCUT2D eigenvalue weighted by Gasteiger charge is 2.41. The van der Waals surface area contributed by atoms with Gasteiger partial charge >= 0.3 is 0 Å². The smallest absolute Gasteiger partial charge is 0.269 e. The molecule has 3 aromatic rings. The molecule has 2 aliphatic rings. The van der Waals surface area contributed by atoms with Crippen molar-refractivity contribution in [1.82, 2.24) is 5.01 Å². The highest BCUT2D eigenvalue weighted by molar-refractivity contribution is 9.10. The van der Waals surface area contributed by atoms with Gasteiger partial charge in [0.15, 0.2) is 0 Å². The molecule has 0 bridgehead atoms. The van der Waals surface area contributed by atoms with E-state index in [9.17, 15) is 10.1 Å². The van der Waals surface area contributed by atoms with Gasteiger partial charge in [0.25, 0.3) is 5.69 Å². The van der Waals surface area contributed by atoms with Crippen molar-refractivity contribution in [3.05, 3.63) is 98.0 Å². The molecule has 0 saturated heterocycles. The first-order valence-electron chi connectivity index (χ1n) is 9.74. The Labute approximate surface area is 187 Å². The molecule has 156 valence electrons. The van der Waals surface area contributed by atoms with Crippen LogP contribution in [0.5, 0.6) is 11.5 Å². The second kappa shape index (κ2) is 7.70. The first kappa shape index (κ1) is 19.6. The fourth-order valence-corrected chi connectivity index (χ4v) is 4.38. The molecule has 0 spiro atoms. The van der Waals surface area contributed by atoms with E-state index in [0.717, 1.165) is 44.8 Å². The number of non-ortho nitro benzene ring substituents is 1. The van der Waals surface area contributed by atoms with Crippen LogP contribution in [-0.4, -0.2) is 22.8 Å². The summed E-state index contributed by atoms with van der Waals surface area (Å²) in [5.74, 6) is 1.58. The molecule has 0 amide bonds. The summed E-state index contributed by atoms with van der Waals surface area (Å²) < 4.78 is 12.6. The third-order valence-corrected chi connectivity index (χ3v) is 6.06. The van der Waals surface area contributed by atoms with Crippen LogP contribution in [0.15, 0.2) is 76.3 Å². The molecule has 0 fully saturated rings. The van der Waals surface area contributed by atoms with E-state index in [0.29, 0.717) is 0 Å². The Morgan fingerprint density at radius 3 is 2.55 bits per heavy atom. The number of nitro benzene ring substituents is 1. The predicted octanol–water partition coefficient (Wildman–Crippen LogP) is 5.61. The number of hydrazone groups is 1. The zero-order valence-electron chi connectivity index (χ0n) is 16.6. The first-order valence-corrected chi connectivity index (χ1v) is 10.5. The number of nitrogens with zero attached hydrogens (tertiary/aromatic N) is 3. The van der Waals surface area contributed by atoms with Crippen LogP contribution in [-0.2, 0) is 0 Å². The van der Waals surface area contributed by atoms with E-state index in [-0.39, 0.29) is 11.7 Å². The van der Waals surface area contributed by atoms with Crippen LogP contribution < -0.4 is 9.47 Å². The predicted molar refractivity (Wildman–Crippen MR) is 119 cm³/mol. The third kappa shape index (κ3) is 3.53. The number of ether oxygens (including phenoxy) is 2. The Morgan fingerprint density at radius 1 is 1.13 bits per heavy atom. The monoisotopic (exact) mass is 479 g/mol. The van der Waals surface area contributed by atoms with E-state index >= 15 is 0 Å². The van der Waals surface area contributed by atoms with Crippen molar-refractivity contribution >= 4 is 27.3 Å². The van der Waals surface area contributed by atoms with Crippen molar-refractivity contribution in [2.45, 2.75) is 18.7 Å². The minimum atomic E-state index is -0.477. The lowest BCUT2D eigenvalue weighted by Crippen LogP contribution is -2.33. The standard InChI is InChI=1S/C23H18BrN3O4/c1-30-18-9-4-14(5-10-18)20-13-21-19-12-16(24)6-11-22(19)31-23(26(21)25-20)15-2-7-17(8-3-15)27(28)29/h2-12,21,23H,13H2,1H3. The number of benzene rings is 3. The van der Waals surface area contributed by atoms with Gasteiger partial charge in [0.2, 0.25) is 6.23 Å². The minimum absolute atomic E-state index is 0.00135. The van der Waals surface area contributed by atoms with Gasteiger partial charge in [-0.15, -0.1) is 0 Å². The topological polar surface area (TPSA) is 77.2 Å². The summed E-state index contributed by atoms with van der Waals surface area (Å²) in [4.78, 5) is 10.6. The maximum absolute atomic E-state index is 11.0. The molecule has 31 heavy (non-hydrogen) atoms. The molecule has 2 aliphatic heterocycles. The molecule has 3 aromatic carbocycles. The van der Waals surface area contributed by atoms with Crippen molar-refractivity contribution in [3.8, 4) is 11.5 Å². The van der Waals surface area contributed by atoms with Crippen molar-refractivity contribution in [2.24, 2.45) is 5.10 Å². The third-order valence-electron chi connectivity index (χ3n) is 5.56. The van der Waals surface area contributed by atoms with Gasteiger partial charge < -0.3 is 9.47 Å². The summed E-state index contributed by atoms with van der Waals surface area (Å²) in [6.07, 6.45) is 0.248. The van der Waals surface area contributed by atoms with Crippen LogP contribution >= 0.6 is 15.9 Å². The molecule has 2 heterocycles. The lowest BCUT2D eigenvalue weighted by molar-refractivity contribution is -0.384. The number of fused-ring (bicyclic) bond motifs is 3. The van der Waals surface area contributed by atoms with Gasteiger partial charge in [-0.05, 0) is 60.2 Å². The Kier molecular flexibility index (Phi) is 4.86. The molecular weight excluding hydrogens is 462 g/mol. The molecule has 0 aromatic heterocycles. The second-order valence-electron chi connectivity index (χ2n) is 7.38. The maximum atomic E-state index is 11.0. The molecule has 0 radical (unpaired) electrons. The van der Waals surface area contributed by atoms with E-state index in [1.54, 1.807) is 19.2 Å². The van der Waals surface area contributed by atoms with E-state index in [1.165, 1.54) is 12.1 Å². The van der Waals surface area contributed by atoms with Crippen molar-refractivity contribution in [2.75, 3.05) is 7.11 Å². The number of nitro groups is 1. The average Bonchev–Trinajstić information content (AvgIpc) is 3.24. The van der Waals surface area contributed by atoms with E-state index in [1.807, 2.05) is 41.4 Å². The van der Waals surface area contributed by atoms with Crippen LogP contribution in [0.25, 0.3) is 0 Å². The van der Waals surface area contributed by atoms with Crippen molar-refractivity contribution < 1.29 is 14.4 Å². The van der Waals surface area contributed by atoms with Crippen LogP contribution in [0, 0.1) is 10.1 Å². The molecule has 5 rings (SSSR count). The number of hydrogen-bond acceptors (Lipinski definition) is 6. The summed E-state index contributed by atoms with van der Waals surface area (Å²) in [6.45, 7) is 0. The normalized spacial score (nSPS) is 19.2. The Morgan fingerprint density at radius 2 is 1.87 bits per heavy atom. The van der Waals surface area contributed by atoms with Gasteiger partial charge in [-0.3, -0.25) is 10.1 Å². The van der Waals surface area contributed by atoms with Gasteiger partial charge in [0.1, 0.15) is 11.5 Å². The van der Waals surface area contributed by atoms with Crippen LogP contribution in [0.1, 0.15) is 35.4 Å². The Hall–Kier alpha value is -3.39. The van der Waals surface area contributed by atoms with Gasteiger partial charge in [-0.2, -0.15) is 5.10 Å². The Bertz CT molecular complexity index is 1180. The van der Waals surface area contributed by atoms with E-state index < -0.39 is 11.2 Å². The molecule has 2 unspecified atom stereocenters. The number of rotatable bonds is 4. The van der Waals surface area contributed by atoms with Crippen molar-refractivity contribution in [1.29, 1.82) is 0 Å². The van der Waals surface area contributed by atoms with E-state index in [2.05, 4.69) is 22.0 Å². The van der Waals surface area contributed by atoms with Crippen molar-refractivity contribution in [3.63, 3.8) is 0 Å². The van der Waals surface area contributed by atoms with Crippen LogP contribution in [0.4, 0.5) is 5.69 Å². The fraction of sp³-hybridized carbons (Fsp3) is 0.174. The van der Waals surface area contributed by atoms with Crippen LogP contribution in [0.2, 0.25) is 0 Å². The van der Waals surface area contributed by atoms with Gasteiger partial charge in [-0.25, -0.2) is 5.01 Å². The molecule has 0 aliphatic carbocycles. The largest absolute Gasteiger partial charge is 0.497 e. The zero-order chi connectivity index (χ0) is 21.5. The lowest BCUT2D eigenvalue weighted by Gasteiger charge is -2.38. The molecule has 8 heteroatoms. The van der Waals surface area contributed by atoms with Gasteiger partial charge in [0, 0.05) is 34.2 Å². The summed E-state index contributed by atoms with van der Waals surface area (Å²) in [5.41, 5.74) is 3.89. The summed E-state index contributed by atoms with van der Waals surface area (Å²) >= 11 is 3.56. The number of halogens is 1. The number of methoxy groups -OCH3 is 1. The van der Waals surface area contributed by atoms with E-state index in [4.69, 9.17) is 14.6 Å². The SMILES string of the molecule is COc1ccc(C2=NN3C(C2)c2cc(Br)ccc2OC3c2ccc([N+](=O)[O-])cc2)cc1. The second-order valence-corrected chi connectivity index (χ2v) is 8.29. The zero-order valence-corrected chi connectivity index (χ0v) is 18.2. The summed E-state index contributed by atoms with van der Waals surface area (Å²) in [7, 11) is 1.64. The molecule has 0 saturated carbocycles. The number of hydrogen-bond donors (Lipinski definition) is 0. The minimum Gasteiger partial charge on any atom is -0.497 e. The summed E-state index contributed by atoms with van der Waals surface area (Å²) in [5, 5.41) is 17.9. The molecule has 2 atom stereocenters. The lowest BCUT2D eigenvalue weighted by atomic mass is 9.96. The molecular formula is C23H18BrN3O4. The Balaban J connectivity index is 1.55. The van der Waals surface area contributed by atoms with Crippen LogP contribution in [0.3, 0.4) is 0 Å². The highest BCUT2D eigenvalue weighted by Crippen LogP contribution is 2.48. The highest BCUT2D eigenvalue weighted by atomic mass is 79.9. The first-order chi connectivity index (χ1) is 15.0. The quantitative estimate of drug-likeness (QED) is 0.359. The summed E-state index contributed by atoms with van der Waals surface area (Å²) in [6, 6.07) is 20.2. The molecule has 7 nitrogen and oxygen atoms in total. The molecule has 0 N–H and O–H groups in total. The maximum Gasteiger partial charge on any atom is 0.269 e. The van der Waals surface area contributed by atoms with Gasteiger partial charge in [-0.1, -0.05) is 15.9 Å². The average molecular weight is 480 g/mol. The van der Waals surface area contributed by atoms with Gasteiger partial charge in [0.05, 0.1) is 23.8 Å². The fourth-order valence-electron chi connectivity index (χ4n) is 4.00.